The lowest BCUT2D eigenvalue weighted by atomic mass is 10.0. The van der Waals surface area contributed by atoms with Crippen LogP contribution in [0.25, 0.3) is 11.4 Å². The van der Waals surface area contributed by atoms with E-state index in [9.17, 15) is 9.59 Å². The lowest BCUT2D eigenvalue weighted by Gasteiger charge is -2.39. The molecule has 1 aliphatic carbocycles. The Hall–Kier alpha value is -3.03. The standard InChI is InChI=1S/C23H29N5O3/c1-23(2,3)31-22(30)27-12-8-19(9-13-27)28(18-4-5-18)21(29)17-14-25-20(26-15-17)16-6-10-24-11-7-16/h6-7,10-11,14-15,18-19H,4-5,8-9,12-13H2,1-3H3. The third-order valence-electron chi connectivity index (χ3n) is 5.52. The predicted octanol–water partition coefficient (Wildman–Crippen LogP) is 3.54. The van der Waals surface area contributed by atoms with E-state index in [4.69, 9.17) is 4.74 Å². The van der Waals surface area contributed by atoms with Gasteiger partial charge < -0.3 is 14.5 Å². The van der Waals surface area contributed by atoms with Gasteiger partial charge in [-0.05, 0) is 58.6 Å². The lowest BCUT2D eigenvalue weighted by molar-refractivity contribution is 0.0142. The largest absolute Gasteiger partial charge is 0.444 e. The van der Waals surface area contributed by atoms with E-state index < -0.39 is 5.60 Å². The smallest absolute Gasteiger partial charge is 0.410 e. The predicted molar refractivity (Wildman–Crippen MR) is 115 cm³/mol. The highest BCUT2D eigenvalue weighted by molar-refractivity contribution is 5.94. The Morgan fingerprint density at radius 3 is 2.13 bits per heavy atom. The highest BCUT2D eigenvalue weighted by Crippen LogP contribution is 2.33. The molecule has 2 aliphatic rings. The van der Waals surface area contributed by atoms with E-state index in [0.717, 1.165) is 31.2 Å². The van der Waals surface area contributed by atoms with Crippen molar-refractivity contribution in [2.24, 2.45) is 0 Å². The summed E-state index contributed by atoms with van der Waals surface area (Å²) >= 11 is 0. The number of aromatic nitrogens is 3. The number of amides is 2. The van der Waals surface area contributed by atoms with Crippen LogP contribution in [-0.4, -0.2) is 67.5 Å². The van der Waals surface area contributed by atoms with E-state index >= 15 is 0 Å². The molecule has 1 saturated heterocycles. The van der Waals surface area contributed by atoms with Crippen LogP contribution in [0.4, 0.5) is 4.79 Å². The average molecular weight is 424 g/mol. The molecule has 2 fully saturated rings. The van der Waals surface area contributed by atoms with Gasteiger partial charge in [0.1, 0.15) is 5.60 Å². The Morgan fingerprint density at radius 1 is 1.00 bits per heavy atom. The van der Waals surface area contributed by atoms with Crippen LogP contribution in [0, 0.1) is 0 Å². The Balaban J connectivity index is 1.41. The van der Waals surface area contributed by atoms with Gasteiger partial charge in [-0.3, -0.25) is 9.78 Å². The molecule has 1 aliphatic heterocycles. The first-order valence-electron chi connectivity index (χ1n) is 10.8. The number of rotatable bonds is 4. The molecule has 0 bridgehead atoms. The van der Waals surface area contributed by atoms with Crippen molar-refractivity contribution in [3.8, 4) is 11.4 Å². The molecular weight excluding hydrogens is 394 g/mol. The van der Waals surface area contributed by atoms with Crippen LogP contribution in [0.2, 0.25) is 0 Å². The molecule has 0 aromatic carbocycles. The summed E-state index contributed by atoms with van der Waals surface area (Å²) in [5, 5.41) is 0. The molecule has 3 heterocycles. The van der Waals surface area contributed by atoms with Gasteiger partial charge in [-0.2, -0.15) is 0 Å². The molecule has 2 amide bonds. The van der Waals surface area contributed by atoms with E-state index in [1.54, 1.807) is 29.7 Å². The first-order chi connectivity index (χ1) is 14.8. The summed E-state index contributed by atoms with van der Waals surface area (Å²) in [6.45, 7) is 6.79. The number of piperidine rings is 1. The third kappa shape index (κ3) is 5.18. The number of hydrogen-bond donors (Lipinski definition) is 0. The highest BCUT2D eigenvalue weighted by Gasteiger charge is 2.40. The van der Waals surface area contributed by atoms with Crippen molar-refractivity contribution in [1.29, 1.82) is 0 Å². The summed E-state index contributed by atoms with van der Waals surface area (Å²) in [6.07, 6.45) is 9.85. The second-order valence-electron chi connectivity index (χ2n) is 9.17. The molecule has 0 spiro atoms. The van der Waals surface area contributed by atoms with Gasteiger partial charge in [0, 0.05) is 55.5 Å². The average Bonchev–Trinajstić information content (AvgIpc) is 3.59. The molecule has 2 aromatic rings. The van der Waals surface area contributed by atoms with Crippen molar-refractivity contribution >= 4 is 12.0 Å². The quantitative estimate of drug-likeness (QED) is 0.747. The minimum atomic E-state index is -0.508. The van der Waals surface area contributed by atoms with Gasteiger partial charge in [0.2, 0.25) is 0 Å². The molecule has 4 rings (SSSR count). The van der Waals surface area contributed by atoms with Gasteiger partial charge in [-0.15, -0.1) is 0 Å². The van der Waals surface area contributed by atoms with Crippen LogP contribution in [-0.2, 0) is 4.74 Å². The Kier molecular flexibility index (Phi) is 5.89. The first kappa shape index (κ1) is 21.2. The van der Waals surface area contributed by atoms with E-state index in [2.05, 4.69) is 15.0 Å². The van der Waals surface area contributed by atoms with E-state index in [1.165, 1.54) is 0 Å². The molecular formula is C23H29N5O3. The number of nitrogens with zero attached hydrogens (tertiary/aromatic N) is 5. The number of carbonyl (C=O) groups is 2. The van der Waals surface area contributed by atoms with E-state index in [1.807, 2.05) is 37.8 Å². The molecule has 1 saturated carbocycles. The topological polar surface area (TPSA) is 88.5 Å². The summed E-state index contributed by atoms with van der Waals surface area (Å²) < 4.78 is 5.48. The zero-order valence-electron chi connectivity index (χ0n) is 18.3. The number of likely N-dealkylation sites (tertiary alicyclic amines) is 1. The van der Waals surface area contributed by atoms with Crippen molar-refractivity contribution in [3.63, 3.8) is 0 Å². The number of hydrogen-bond acceptors (Lipinski definition) is 6. The molecule has 31 heavy (non-hydrogen) atoms. The van der Waals surface area contributed by atoms with Crippen LogP contribution >= 0.6 is 0 Å². The molecule has 0 atom stereocenters. The SMILES string of the molecule is CC(C)(C)OC(=O)N1CCC(N(C(=O)c2cnc(-c3ccncc3)nc2)C2CC2)CC1. The van der Waals surface area contributed by atoms with Crippen molar-refractivity contribution in [3.05, 3.63) is 42.5 Å². The van der Waals surface area contributed by atoms with Crippen LogP contribution in [0.15, 0.2) is 36.9 Å². The van der Waals surface area contributed by atoms with Crippen molar-refractivity contribution in [1.82, 2.24) is 24.8 Å². The molecule has 0 radical (unpaired) electrons. The molecule has 0 N–H and O–H groups in total. The number of ether oxygens (including phenoxy) is 1. The molecule has 0 unspecified atom stereocenters. The molecule has 164 valence electrons. The Morgan fingerprint density at radius 2 is 1.58 bits per heavy atom. The lowest BCUT2D eigenvalue weighted by Crippen LogP contribution is -2.50. The van der Waals surface area contributed by atoms with Crippen LogP contribution in [0.5, 0.6) is 0 Å². The third-order valence-corrected chi connectivity index (χ3v) is 5.52. The van der Waals surface area contributed by atoms with E-state index in [-0.39, 0.29) is 24.1 Å². The first-order valence-corrected chi connectivity index (χ1v) is 10.8. The van der Waals surface area contributed by atoms with Gasteiger partial charge in [-0.25, -0.2) is 14.8 Å². The fraction of sp³-hybridized carbons (Fsp3) is 0.522. The van der Waals surface area contributed by atoms with Crippen LogP contribution < -0.4 is 0 Å². The maximum Gasteiger partial charge on any atom is 0.410 e. The molecule has 8 nitrogen and oxygen atoms in total. The summed E-state index contributed by atoms with van der Waals surface area (Å²) in [6, 6.07) is 4.06. The van der Waals surface area contributed by atoms with Gasteiger partial charge >= 0.3 is 6.09 Å². The van der Waals surface area contributed by atoms with Gasteiger partial charge in [0.15, 0.2) is 5.82 Å². The van der Waals surface area contributed by atoms with E-state index in [0.29, 0.717) is 24.5 Å². The summed E-state index contributed by atoms with van der Waals surface area (Å²) in [4.78, 5) is 42.2. The fourth-order valence-electron chi connectivity index (χ4n) is 3.87. The summed E-state index contributed by atoms with van der Waals surface area (Å²) in [5.41, 5.74) is 0.855. The molecule has 2 aromatic heterocycles. The van der Waals surface area contributed by atoms with Gasteiger partial charge in [-0.1, -0.05) is 0 Å². The van der Waals surface area contributed by atoms with Crippen LogP contribution in [0.1, 0.15) is 56.8 Å². The Labute approximate surface area is 182 Å². The number of pyridine rings is 1. The summed E-state index contributed by atoms with van der Waals surface area (Å²) in [7, 11) is 0. The summed E-state index contributed by atoms with van der Waals surface area (Å²) in [5.74, 6) is 0.544. The van der Waals surface area contributed by atoms with Gasteiger partial charge in [0.05, 0.1) is 5.56 Å². The van der Waals surface area contributed by atoms with Crippen molar-refractivity contribution in [2.75, 3.05) is 13.1 Å². The zero-order chi connectivity index (χ0) is 22.0. The number of carbonyl (C=O) groups excluding carboxylic acids is 2. The second-order valence-corrected chi connectivity index (χ2v) is 9.17. The van der Waals surface area contributed by atoms with Gasteiger partial charge in [0.25, 0.3) is 5.91 Å². The van der Waals surface area contributed by atoms with Crippen molar-refractivity contribution in [2.45, 2.75) is 64.1 Å². The zero-order valence-corrected chi connectivity index (χ0v) is 18.3. The maximum absolute atomic E-state index is 13.3. The minimum absolute atomic E-state index is 0.0282. The van der Waals surface area contributed by atoms with Crippen LogP contribution in [0.3, 0.4) is 0 Å². The van der Waals surface area contributed by atoms with Crippen molar-refractivity contribution < 1.29 is 14.3 Å². The highest BCUT2D eigenvalue weighted by atomic mass is 16.6. The second kappa shape index (κ2) is 8.61. The normalized spacial score (nSPS) is 17.3. The monoisotopic (exact) mass is 423 g/mol. The maximum atomic E-state index is 13.3. The minimum Gasteiger partial charge on any atom is -0.444 e. The fourth-order valence-corrected chi connectivity index (χ4v) is 3.87. The molecule has 8 heteroatoms. The Bertz CT molecular complexity index is 914.